The number of nitrogens with one attached hydrogen (secondary N) is 1. The minimum Gasteiger partial charge on any atom is -0.322 e. The van der Waals surface area contributed by atoms with E-state index in [0.29, 0.717) is 28.8 Å². The first-order valence-corrected chi connectivity index (χ1v) is 9.01. The van der Waals surface area contributed by atoms with Crippen LogP contribution in [0.1, 0.15) is 20.9 Å². The second-order valence-corrected chi connectivity index (χ2v) is 7.05. The Labute approximate surface area is 157 Å². The molecule has 1 aromatic carbocycles. The first-order chi connectivity index (χ1) is 13.0. The quantitative estimate of drug-likeness (QED) is 0.568. The van der Waals surface area contributed by atoms with E-state index < -0.39 is 17.5 Å². The molecule has 4 rings (SSSR count). The van der Waals surface area contributed by atoms with Crippen LogP contribution < -0.4 is 5.32 Å². The van der Waals surface area contributed by atoms with Gasteiger partial charge in [-0.1, -0.05) is 6.07 Å². The zero-order valence-corrected chi connectivity index (χ0v) is 15.1. The molecule has 0 saturated heterocycles. The van der Waals surface area contributed by atoms with Crippen LogP contribution in [0.15, 0.2) is 48.0 Å². The molecule has 0 bridgehead atoms. The van der Waals surface area contributed by atoms with Gasteiger partial charge in [0.25, 0.3) is 5.91 Å². The monoisotopic (exact) mass is 384 g/mol. The molecule has 0 radical (unpaired) electrons. The van der Waals surface area contributed by atoms with Crippen molar-refractivity contribution in [3.8, 4) is 0 Å². The van der Waals surface area contributed by atoms with Crippen molar-refractivity contribution < 1.29 is 13.6 Å². The number of hydrogen-bond acceptors (Lipinski definition) is 4. The fraction of sp³-hybridized carbons (Fsp3) is 0.105. The van der Waals surface area contributed by atoms with E-state index in [0.717, 1.165) is 17.0 Å². The summed E-state index contributed by atoms with van der Waals surface area (Å²) in [7, 11) is 0. The zero-order valence-electron chi connectivity index (χ0n) is 14.2. The van der Waals surface area contributed by atoms with E-state index in [1.807, 2.05) is 17.5 Å². The number of carbonyl (C=O) groups is 1. The lowest BCUT2D eigenvalue weighted by Crippen LogP contribution is -2.13. The lowest BCUT2D eigenvalue weighted by atomic mass is 10.1. The molecule has 0 unspecified atom stereocenters. The van der Waals surface area contributed by atoms with Gasteiger partial charge in [-0.15, -0.1) is 11.3 Å². The molecular formula is C19H14F2N4OS. The number of benzene rings is 1. The summed E-state index contributed by atoms with van der Waals surface area (Å²) in [4.78, 5) is 18.3. The molecule has 0 spiro atoms. The average molecular weight is 384 g/mol. The third-order valence-electron chi connectivity index (χ3n) is 4.05. The van der Waals surface area contributed by atoms with E-state index in [-0.39, 0.29) is 5.69 Å². The standard InChI is InChI=1S/C19H14F2N4OS/c1-11-7-14(19(26)24-12-4-5-16(20)17(21)8-12)15-9-22-25(18(15)23-11)10-13-3-2-6-27-13/h2-9H,10H2,1H3,(H,24,26). The molecular weight excluding hydrogens is 370 g/mol. The van der Waals surface area contributed by atoms with Crippen LogP contribution in [0.2, 0.25) is 0 Å². The van der Waals surface area contributed by atoms with Crippen LogP contribution in [0, 0.1) is 18.6 Å². The van der Waals surface area contributed by atoms with Crippen LogP contribution in [-0.2, 0) is 6.54 Å². The molecule has 0 saturated carbocycles. The van der Waals surface area contributed by atoms with Gasteiger partial charge >= 0.3 is 0 Å². The van der Waals surface area contributed by atoms with Crippen molar-refractivity contribution in [2.75, 3.05) is 5.32 Å². The summed E-state index contributed by atoms with van der Waals surface area (Å²) in [6, 6.07) is 8.84. The van der Waals surface area contributed by atoms with Gasteiger partial charge in [-0.25, -0.2) is 18.4 Å². The van der Waals surface area contributed by atoms with Crippen molar-refractivity contribution in [1.82, 2.24) is 14.8 Å². The van der Waals surface area contributed by atoms with Gasteiger partial charge in [0.1, 0.15) is 0 Å². The SMILES string of the molecule is Cc1cc(C(=O)Nc2ccc(F)c(F)c2)c2cnn(Cc3cccs3)c2n1. The molecule has 0 aliphatic carbocycles. The van der Waals surface area contributed by atoms with E-state index in [9.17, 15) is 13.6 Å². The summed E-state index contributed by atoms with van der Waals surface area (Å²) < 4.78 is 28.2. The van der Waals surface area contributed by atoms with Crippen LogP contribution in [0.3, 0.4) is 0 Å². The molecule has 136 valence electrons. The number of aryl methyl sites for hydroxylation is 1. The molecule has 1 amide bonds. The number of hydrogen-bond donors (Lipinski definition) is 1. The Bertz CT molecular complexity index is 1140. The Kier molecular flexibility index (Phi) is 4.41. The summed E-state index contributed by atoms with van der Waals surface area (Å²) in [6.45, 7) is 2.35. The van der Waals surface area contributed by atoms with Crippen molar-refractivity contribution in [2.45, 2.75) is 13.5 Å². The summed E-state index contributed by atoms with van der Waals surface area (Å²) >= 11 is 1.61. The highest BCUT2D eigenvalue weighted by atomic mass is 32.1. The smallest absolute Gasteiger partial charge is 0.256 e. The highest BCUT2D eigenvalue weighted by Crippen LogP contribution is 2.22. The number of carbonyl (C=O) groups excluding carboxylic acids is 1. The number of pyridine rings is 1. The Hall–Kier alpha value is -3.13. The van der Waals surface area contributed by atoms with Gasteiger partial charge in [0.15, 0.2) is 17.3 Å². The first-order valence-electron chi connectivity index (χ1n) is 8.13. The van der Waals surface area contributed by atoms with Crippen LogP contribution in [-0.4, -0.2) is 20.7 Å². The van der Waals surface area contributed by atoms with E-state index in [2.05, 4.69) is 15.4 Å². The molecule has 0 atom stereocenters. The highest BCUT2D eigenvalue weighted by Gasteiger charge is 2.17. The third kappa shape index (κ3) is 3.43. The number of nitrogens with zero attached hydrogens (tertiary/aromatic N) is 3. The molecule has 0 fully saturated rings. The van der Waals surface area contributed by atoms with E-state index in [1.165, 1.54) is 6.07 Å². The molecule has 0 aliphatic heterocycles. The van der Waals surface area contributed by atoms with Crippen LogP contribution in [0.5, 0.6) is 0 Å². The molecule has 3 heterocycles. The maximum Gasteiger partial charge on any atom is 0.256 e. The molecule has 3 aromatic heterocycles. The largest absolute Gasteiger partial charge is 0.322 e. The van der Waals surface area contributed by atoms with Crippen molar-refractivity contribution in [1.29, 1.82) is 0 Å². The molecule has 5 nitrogen and oxygen atoms in total. The van der Waals surface area contributed by atoms with E-state index in [1.54, 1.807) is 35.2 Å². The maximum absolute atomic E-state index is 13.4. The molecule has 8 heteroatoms. The van der Waals surface area contributed by atoms with Crippen molar-refractivity contribution >= 4 is 34.0 Å². The summed E-state index contributed by atoms with van der Waals surface area (Å²) in [5, 5.41) is 9.53. The first kappa shape index (κ1) is 17.3. The average Bonchev–Trinajstić information content (AvgIpc) is 3.28. The van der Waals surface area contributed by atoms with Gasteiger partial charge in [0, 0.05) is 22.3 Å². The van der Waals surface area contributed by atoms with Gasteiger partial charge in [-0.2, -0.15) is 5.10 Å². The number of anilines is 1. The number of rotatable bonds is 4. The number of amides is 1. The summed E-state index contributed by atoms with van der Waals surface area (Å²) in [6.07, 6.45) is 1.59. The lowest BCUT2D eigenvalue weighted by molar-refractivity contribution is 0.102. The highest BCUT2D eigenvalue weighted by molar-refractivity contribution is 7.09. The Morgan fingerprint density at radius 1 is 1.22 bits per heavy atom. The maximum atomic E-state index is 13.4. The van der Waals surface area contributed by atoms with E-state index >= 15 is 0 Å². The van der Waals surface area contributed by atoms with Crippen LogP contribution in [0.4, 0.5) is 14.5 Å². The minimum absolute atomic E-state index is 0.174. The molecule has 4 aromatic rings. The summed E-state index contributed by atoms with van der Waals surface area (Å²) in [5.41, 5.74) is 1.80. The van der Waals surface area contributed by atoms with E-state index in [4.69, 9.17) is 0 Å². The van der Waals surface area contributed by atoms with Crippen molar-refractivity contribution in [2.24, 2.45) is 0 Å². The zero-order chi connectivity index (χ0) is 19.0. The summed E-state index contributed by atoms with van der Waals surface area (Å²) in [5.74, 6) is -2.43. The van der Waals surface area contributed by atoms with Crippen LogP contribution in [0.25, 0.3) is 11.0 Å². The predicted molar refractivity (Wildman–Crippen MR) is 100.0 cm³/mol. The Morgan fingerprint density at radius 2 is 2.07 bits per heavy atom. The number of halogens is 2. The van der Waals surface area contributed by atoms with Gasteiger partial charge in [-0.05, 0) is 36.6 Å². The van der Waals surface area contributed by atoms with Gasteiger partial charge in [0.2, 0.25) is 0 Å². The van der Waals surface area contributed by atoms with Crippen molar-refractivity contribution in [3.05, 3.63) is 75.7 Å². The number of thiophene rings is 1. The van der Waals surface area contributed by atoms with Crippen LogP contribution >= 0.6 is 11.3 Å². The van der Waals surface area contributed by atoms with Gasteiger partial charge in [-0.3, -0.25) is 4.79 Å². The van der Waals surface area contributed by atoms with Gasteiger partial charge in [0.05, 0.1) is 23.7 Å². The number of aromatic nitrogens is 3. The topological polar surface area (TPSA) is 59.8 Å². The fourth-order valence-electron chi connectivity index (χ4n) is 2.80. The molecule has 1 N–H and O–H groups in total. The second kappa shape index (κ2) is 6.88. The Balaban J connectivity index is 1.69. The Morgan fingerprint density at radius 3 is 2.81 bits per heavy atom. The lowest BCUT2D eigenvalue weighted by Gasteiger charge is -2.08. The predicted octanol–water partition coefficient (Wildman–Crippen LogP) is 4.38. The minimum atomic E-state index is -1.02. The van der Waals surface area contributed by atoms with Gasteiger partial charge < -0.3 is 5.32 Å². The molecule has 0 aliphatic rings. The molecule has 27 heavy (non-hydrogen) atoms. The second-order valence-electron chi connectivity index (χ2n) is 6.01. The fourth-order valence-corrected chi connectivity index (χ4v) is 3.48. The van der Waals surface area contributed by atoms with Crippen molar-refractivity contribution in [3.63, 3.8) is 0 Å². The normalized spacial score (nSPS) is 11.1. The third-order valence-corrected chi connectivity index (χ3v) is 4.91. The number of fused-ring (bicyclic) bond motifs is 1.